The standard InChI is InChI=1S/C31H37F3N4O3S/c1-2-42(39,40)27-10-8-23(9-11-27)35-16-4-5-26-21-28-29(6-3-7-30(28)38(26)22-31(32,33)34)36-24-12-17-37(18-13-24)25-14-19-41-20-15-25/h3,6-11,21,24-25,35-36H,2,12-20,22H2,1H3. The molecule has 2 aliphatic rings. The average Bonchev–Trinajstić information content (AvgIpc) is 3.33. The number of aromatic nitrogens is 1. The Kier molecular flexibility index (Phi) is 9.35. The third-order valence-corrected chi connectivity index (χ3v) is 9.82. The van der Waals surface area contributed by atoms with Gasteiger partial charge in [0.1, 0.15) is 6.54 Å². The highest BCUT2D eigenvalue weighted by atomic mass is 32.2. The second kappa shape index (κ2) is 13.0. The summed E-state index contributed by atoms with van der Waals surface area (Å²) in [4.78, 5) is 2.79. The van der Waals surface area contributed by atoms with Crippen molar-refractivity contribution in [2.24, 2.45) is 0 Å². The molecule has 0 unspecified atom stereocenters. The van der Waals surface area contributed by atoms with E-state index < -0.39 is 22.6 Å². The van der Waals surface area contributed by atoms with E-state index in [1.165, 1.54) is 16.7 Å². The largest absolute Gasteiger partial charge is 0.406 e. The first-order valence-corrected chi connectivity index (χ1v) is 16.1. The molecule has 0 atom stereocenters. The van der Waals surface area contributed by atoms with Gasteiger partial charge in [0.2, 0.25) is 0 Å². The number of benzene rings is 2. The molecule has 5 rings (SSSR count). The lowest BCUT2D eigenvalue weighted by molar-refractivity contribution is -0.140. The van der Waals surface area contributed by atoms with Crippen LogP contribution >= 0.6 is 0 Å². The Morgan fingerprint density at radius 1 is 1.02 bits per heavy atom. The SMILES string of the molecule is CCS(=O)(=O)c1ccc(NCC#Cc2cc3c(NC4CCN(C5CCOCC5)CC4)cccc3n2CC(F)(F)F)cc1. The fourth-order valence-electron chi connectivity index (χ4n) is 5.77. The smallest absolute Gasteiger partial charge is 0.382 e. The van der Waals surface area contributed by atoms with E-state index in [9.17, 15) is 21.6 Å². The van der Waals surface area contributed by atoms with Crippen LogP contribution in [0.3, 0.4) is 0 Å². The zero-order valence-electron chi connectivity index (χ0n) is 23.7. The molecule has 2 aromatic carbocycles. The Hall–Kier alpha value is -3.20. The molecular weight excluding hydrogens is 565 g/mol. The summed E-state index contributed by atoms with van der Waals surface area (Å²) in [6.45, 7) is 4.27. The van der Waals surface area contributed by atoms with Crippen molar-refractivity contribution < 1.29 is 26.3 Å². The molecule has 0 aliphatic carbocycles. The molecule has 2 aliphatic heterocycles. The van der Waals surface area contributed by atoms with E-state index in [2.05, 4.69) is 27.4 Å². The Bertz CT molecular complexity index is 1530. The summed E-state index contributed by atoms with van der Waals surface area (Å²) in [6, 6.07) is 14.3. The Balaban J connectivity index is 1.29. The van der Waals surface area contributed by atoms with E-state index in [4.69, 9.17) is 4.74 Å². The average molecular weight is 603 g/mol. The molecule has 2 saturated heterocycles. The number of ether oxygens (including phenoxy) is 1. The summed E-state index contributed by atoms with van der Waals surface area (Å²) < 4.78 is 71.5. The molecular formula is C31H37F3N4O3S. The van der Waals surface area contributed by atoms with Gasteiger partial charge in [0.05, 0.1) is 28.4 Å². The maximum atomic E-state index is 13.6. The lowest BCUT2D eigenvalue weighted by Gasteiger charge is -2.39. The molecule has 1 aromatic heterocycles. The van der Waals surface area contributed by atoms with Gasteiger partial charge in [-0.2, -0.15) is 13.2 Å². The summed E-state index contributed by atoms with van der Waals surface area (Å²) in [5.41, 5.74) is 2.27. The fraction of sp³-hybridized carbons (Fsp3) is 0.484. The molecule has 2 fully saturated rings. The number of nitrogens with zero attached hydrogens (tertiary/aromatic N) is 2. The van der Waals surface area contributed by atoms with Crippen molar-refractivity contribution in [1.82, 2.24) is 9.47 Å². The zero-order valence-corrected chi connectivity index (χ0v) is 24.5. The van der Waals surface area contributed by atoms with Gasteiger partial charge in [-0.3, -0.25) is 0 Å². The second-order valence-electron chi connectivity index (χ2n) is 10.9. The highest BCUT2D eigenvalue weighted by molar-refractivity contribution is 7.91. The predicted octanol–water partition coefficient (Wildman–Crippen LogP) is 5.52. The van der Waals surface area contributed by atoms with Gasteiger partial charge in [-0.15, -0.1) is 0 Å². The van der Waals surface area contributed by atoms with Crippen LogP contribution in [0.15, 0.2) is 53.4 Å². The van der Waals surface area contributed by atoms with Gasteiger partial charge in [0, 0.05) is 55.1 Å². The molecule has 3 aromatic rings. The molecule has 0 spiro atoms. The minimum absolute atomic E-state index is 0.0181. The van der Waals surface area contributed by atoms with Crippen molar-refractivity contribution in [2.45, 2.75) is 62.3 Å². The number of halogens is 3. The van der Waals surface area contributed by atoms with Gasteiger partial charge in [-0.25, -0.2) is 8.42 Å². The number of hydrogen-bond donors (Lipinski definition) is 2. The van der Waals surface area contributed by atoms with Gasteiger partial charge in [-0.05, 0) is 74.1 Å². The number of alkyl halides is 3. The van der Waals surface area contributed by atoms with Crippen molar-refractivity contribution in [3.63, 3.8) is 0 Å². The third-order valence-electron chi connectivity index (χ3n) is 8.07. The van der Waals surface area contributed by atoms with Crippen LogP contribution in [0.25, 0.3) is 10.9 Å². The lowest BCUT2D eigenvalue weighted by atomic mass is 9.99. The number of nitrogens with one attached hydrogen (secondary N) is 2. The molecule has 0 radical (unpaired) electrons. The summed E-state index contributed by atoms with van der Waals surface area (Å²) in [6.07, 6.45) is -0.318. The van der Waals surface area contributed by atoms with Crippen molar-refractivity contribution in [1.29, 1.82) is 0 Å². The molecule has 0 amide bonds. The number of piperidine rings is 1. The van der Waals surface area contributed by atoms with E-state index >= 15 is 0 Å². The first kappa shape index (κ1) is 30.3. The van der Waals surface area contributed by atoms with E-state index in [0.717, 1.165) is 63.1 Å². The minimum atomic E-state index is -4.40. The molecule has 226 valence electrons. The molecule has 11 heteroatoms. The normalized spacial score (nSPS) is 17.6. The molecule has 7 nitrogen and oxygen atoms in total. The Morgan fingerprint density at radius 3 is 2.40 bits per heavy atom. The monoisotopic (exact) mass is 602 g/mol. The van der Waals surface area contributed by atoms with Crippen molar-refractivity contribution in [3.8, 4) is 11.8 Å². The van der Waals surface area contributed by atoms with Crippen molar-refractivity contribution >= 4 is 32.1 Å². The first-order valence-electron chi connectivity index (χ1n) is 14.5. The van der Waals surface area contributed by atoms with Crippen LogP contribution in [0, 0.1) is 11.8 Å². The molecule has 0 saturated carbocycles. The van der Waals surface area contributed by atoms with Crippen LogP contribution in [0.2, 0.25) is 0 Å². The van der Waals surface area contributed by atoms with Crippen molar-refractivity contribution in [3.05, 3.63) is 54.2 Å². The fourth-order valence-corrected chi connectivity index (χ4v) is 6.65. The van der Waals surface area contributed by atoms with Crippen LogP contribution in [-0.4, -0.2) is 74.7 Å². The molecule has 3 heterocycles. The summed E-state index contributed by atoms with van der Waals surface area (Å²) in [7, 11) is -3.29. The van der Waals surface area contributed by atoms with E-state index in [0.29, 0.717) is 17.2 Å². The highest BCUT2D eigenvalue weighted by Crippen LogP contribution is 2.32. The summed E-state index contributed by atoms with van der Waals surface area (Å²) in [5, 5.41) is 7.41. The van der Waals surface area contributed by atoms with Crippen LogP contribution in [0.1, 0.15) is 38.3 Å². The van der Waals surface area contributed by atoms with Gasteiger partial charge < -0.3 is 24.8 Å². The van der Waals surface area contributed by atoms with Gasteiger partial charge in [-0.1, -0.05) is 18.9 Å². The van der Waals surface area contributed by atoms with E-state index in [-0.39, 0.29) is 28.9 Å². The van der Waals surface area contributed by atoms with Crippen LogP contribution in [0.5, 0.6) is 0 Å². The van der Waals surface area contributed by atoms with Crippen LogP contribution in [0.4, 0.5) is 24.5 Å². The van der Waals surface area contributed by atoms with Gasteiger partial charge in [0.25, 0.3) is 0 Å². The highest BCUT2D eigenvalue weighted by Gasteiger charge is 2.30. The minimum Gasteiger partial charge on any atom is -0.382 e. The van der Waals surface area contributed by atoms with Crippen LogP contribution < -0.4 is 10.6 Å². The summed E-state index contributed by atoms with van der Waals surface area (Å²) >= 11 is 0. The predicted molar refractivity (Wildman–Crippen MR) is 160 cm³/mol. The number of likely N-dealkylation sites (tertiary alicyclic amines) is 1. The second-order valence-corrected chi connectivity index (χ2v) is 13.1. The van der Waals surface area contributed by atoms with Gasteiger partial charge in [0.15, 0.2) is 9.84 Å². The number of hydrogen-bond acceptors (Lipinski definition) is 6. The Labute approximate surface area is 245 Å². The summed E-state index contributed by atoms with van der Waals surface area (Å²) in [5.74, 6) is 5.87. The number of anilines is 2. The van der Waals surface area contributed by atoms with Crippen LogP contribution in [-0.2, 0) is 21.1 Å². The lowest BCUT2D eigenvalue weighted by Crippen LogP contribution is -2.46. The molecule has 0 bridgehead atoms. The Morgan fingerprint density at radius 2 is 1.74 bits per heavy atom. The maximum absolute atomic E-state index is 13.6. The number of fused-ring (bicyclic) bond motifs is 1. The van der Waals surface area contributed by atoms with E-state index in [1.807, 2.05) is 6.07 Å². The topological polar surface area (TPSA) is 75.6 Å². The maximum Gasteiger partial charge on any atom is 0.406 e. The molecule has 2 N–H and O–H groups in total. The number of sulfone groups is 1. The van der Waals surface area contributed by atoms with Gasteiger partial charge >= 0.3 is 6.18 Å². The molecule has 42 heavy (non-hydrogen) atoms. The first-order chi connectivity index (χ1) is 20.1. The number of rotatable bonds is 8. The third kappa shape index (κ3) is 7.41. The zero-order chi connectivity index (χ0) is 29.7. The quantitative estimate of drug-likeness (QED) is 0.331. The van der Waals surface area contributed by atoms with E-state index in [1.54, 1.807) is 37.3 Å². The van der Waals surface area contributed by atoms with Crippen molar-refractivity contribution in [2.75, 3.05) is 49.2 Å².